The molecule has 0 unspecified atom stereocenters. The number of hydrogen-bond donors (Lipinski definition) is 1. The Morgan fingerprint density at radius 3 is 2.22 bits per heavy atom. The minimum Gasteiger partial charge on any atom is -0.369 e. The molecule has 3 atom stereocenters. The Hall–Kier alpha value is -1.60. The molecule has 1 N–H and O–H groups in total. The van der Waals surface area contributed by atoms with Gasteiger partial charge in [0.05, 0.1) is 0 Å². The van der Waals surface area contributed by atoms with Crippen LogP contribution in [0.2, 0.25) is 5.02 Å². The van der Waals surface area contributed by atoms with Crippen molar-refractivity contribution in [2.75, 3.05) is 31.1 Å². The number of nitrogens with one attached hydrogen (secondary N) is 1. The van der Waals surface area contributed by atoms with Crippen molar-refractivity contribution in [3.8, 4) is 0 Å². The van der Waals surface area contributed by atoms with E-state index in [0.717, 1.165) is 5.69 Å². The number of hydrogen-bond acceptors (Lipinski definition) is 3. The number of benzene rings is 2. The van der Waals surface area contributed by atoms with E-state index >= 15 is 0 Å². The molecule has 1 heterocycles. The zero-order chi connectivity index (χ0) is 19.0. The van der Waals surface area contributed by atoms with E-state index in [1.165, 1.54) is 5.56 Å². The fourth-order valence-corrected chi connectivity index (χ4v) is 5.54. The molecule has 5 nitrogen and oxygen atoms in total. The number of nitrogens with zero attached hydrogens (tertiary/aromatic N) is 2. The summed E-state index contributed by atoms with van der Waals surface area (Å²) in [6, 6.07) is 17.8. The van der Waals surface area contributed by atoms with Crippen LogP contribution in [0.15, 0.2) is 54.6 Å². The highest BCUT2D eigenvalue weighted by molar-refractivity contribution is 7.87. The normalized spacial score (nSPS) is 26.1. The highest BCUT2D eigenvalue weighted by atomic mass is 35.5. The van der Waals surface area contributed by atoms with Gasteiger partial charge >= 0.3 is 0 Å². The Kier molecular flexibility index (Phi) is 5.16. The number of rotatable bonds is 5. The third-order valence-corrected chi connectivity index (χ3v) is 7.49. The first kappa shape index (κ1) is 18.7. The van der Waals surface area contributed by atoms with Gasteiger partial charge in [0.25, 0.3) is 10.2 Å². The van der Waals surface area contributed by atoms with Crippen molar-refractivity contribution < 1.29 is 8.42 Å². The van der Waals surface area contributed by atoms with Gasteiger partial charge in [0, 0.05) is 48.8 Å². The Labute approximate surface area is 166 Å². The summed E-state index contributed by atoms with van der Waals surface area (Å²) in [6.07, 6.45) is 0. The van der Waals surface area contributed by atoms with Gasteiger partial charge in [-0.15, -0.1) is 0 Å². The van der Waals surface area contributed by atoms with Crippen LogP contribution in [-0.2, 0) is 10.2 Å². The van der Waals surface area contributed by atoms with E-state index in [1.54, 1.807) is 4.31 Å². The molecule has 144 valence electrons. The monoisotopic (exact) mass is 405 g/mol. The van der Waals surface area contributed by atoms with E-state index in [1.807, 2.05) is 42.5 Å². The summed E-state index contributed by atoms with van der Waals surface area (Å²) in [7, 11) is -3.47. The summed E-state index contributed by atoms with van der Waals surface area (Å²) in [5, 5.41) is 0.704. The van der Waals surface area contributed by atoms with Crippen molar-refractivity contribution in [2.45, 2.75) is 18.9 Å². The molecule has 2 fully saturated rings. The SMILES string of the molecule is C[C@H]1[C@H](NS(=O)(=O)N2CCN(c3ccc(Cl)cc3)CC2)[C@H]1c1ccccc1. The second-order valence-electron chi connectivity index (χ2n) is 7.31. The van der Waals surface area contributed by atoms with Crippen molar-refractivity contribution in [2.24, 2.45) is 5.92 Å². The molecule has 2 aliphatic rings. The Bertz CT molecular complexity index is 881. The molecule has 1 saturated heterocycles. The van der Waals surface area contributed by atoms with E-state index < -0.39 is 10.2 Å². The lowest BCUT2D eigenvalue weighted by Gasteiger charge is -2.35. The molecule has 0 aromatic heterocycles. The Balaban J connectivity index is 1.36. The molecule has 1 aliphatic carbocycles. The predicted molar refractivity (Wildman–Crippen MR) is 109 cm³/mol. The molecule has 2 aromatic rings. The maximum Gasteiger partial charge on any atom is 0.279 e. The van der Waals surface area contributed by atoms with Crippen molar-refractivity contribution in [3.63, 3.8) is 0 Å². The van der Waals surface area contributed by atoms with Crippen LogP contribution in [0, 0.1) is 5.92 Å². The van der Waals surface area contributed by atoms with Gasteiger partial charge in [0.15, 0.2) is 0 Å². The molecule has 0 amide bonds. The second-order valence-corrected chi connectivity index (χ2v) is 9.45. The predicted octanol–water partition coefficient (Wildman–Crippen LogP) is 3.10. The topological polar surface area (TPSA) is 52.7 Å². The number of halogens is 1. The first-order chi connectivity index (χ1) is 13.0. The van der Waals surface area contributed by atoms with E-state index in [4.69, 9.17) is 11.6 Å². The largest absolute Gasteiger partial charge is 0.369 e. The van der Waals surface area contributed by atoms with Crippen molar-refractivity contribution in [1.82, 2.24) is 9.03 Å². The van der Waals surface area contributed by atoms with Gasteiger partial charge in [0.2, 0.25) is 0 Å². The zero-order valence-electron chi connectivity index (χ0n) is 15.3. The highest BCUT2D eigenvalue weighted by Gasteiger charge is 2.50. The Morgan fingerprint density at radius 2 is 1.59 bits per heavy atom. The molecule has 27 heavy (non-hydrogen) atoms. The maximum absolute atomic E-state index is 12.8. The smallest absolute Gasteiger partial charge is 0.279 e. The summed E-state index contributed by atoms with van der Waals surface area (Å²) in [4.78, 5) is 2.19. The van der Waals surface area contributed by atoms with Gasteiger partial charge in [-0.3, -0.25) is 0 Å². The van der Waals surface area contributed by atoms with Crippen LogP contribution in [0.1, 0.15) is 18.4 Å². The van der Waals surface area contributed by atoms with Crippen molar-refractivity contribution >= 4 is 27.5 Å². The molecule has 7 heteroatoms. The first-order valence-electron chi connectivity index (χ1n) is 9.28. The molecule has 0 radical (unpaired) electrons. The molecular formula is C20H24ClN3O2S. The number of anilines is 1. The molecule has 0 spiro atoms. The molecule has 0 bridgehead atoms. The average molecular weight is 406 g/mol. The van der Waals surface area contributed by atoms with Gasteiger partial charge in [-0.05, 0) is 35.7 Å². The summed E-state index contributed by atoms with van der Waals surface area (Å²) < 4.78 is 30.1. The minimum absolute atomic E-state index is 0.0216. The van der Waals surface area contributed by atoms with E-state index in [0.29, 0.717) is 37.1 Å². The lowest BCUT2D eigenvalue weighted by Crippen LogP contribution is -2.52. The van der Waals surface area contributed by atoms with Crippen molar-refractivity contribution in [3.05, 3.63) is 65.2 Å². The van der Waals surface area contributed by atoms with E-state index in [-0.39, 0.29) is 12.0 Å². The van der Waals surface area contributed by atoms with Crippen LogP contribution in [0.3, 0.4) is 0 Å². The maximum atomic E-state index is 12.8. The third-order valence-electron chi connectivity index (χ3n) is 5.62. The Morgan fingerprint density at radius 1 is 0.963 bits per heavy atom. The average Bonchev–Trinajstić information content (AvgIpc) is 3.31. The quantitative estimate of drug-likeness (QED) is 0.831. The summed E-state index contributed by atoms with van der Waals surface area (Å²) in [5.74, 6) is 0.578. The van der Waals surface area contributed by atoms with Crippen molar-refractivity contribution in [1.29, 1.82) is 0 Å². The van der Waals surface area contributed by atoms with Gasteiger partial charge in [-0.1, -0.05) is 48.9 Å². The third kappa shape index (κ3) is 3.99. The van der Waals surface area contributed by atoms with Gasteiger partial charge in [-0.25, -0.2) is 0 Å². The standard InChI is InChI=1S/C20H24ClN3O2S/c1-15-19(16-5-3-2-4-6-16)20(15)22-27(25,26)24-13-11-23(12-14-24)18-9-7-17(21)8-10-18/h2-10,15,19-20,22H,11-14H2,1H3/t15-,19-,20+/m1/s1. The van der Waals surface area contributed by atoms with Crippen LogP contribution in [0.4, 0.5) is 5.69 Å². The fraction of sp³-hybridized carbons (Fsp3) is 0.400. The zero-order valence-corrected chi connectivity index (χ0v) is 16.8. The summed E-state index contributed by atoms with van der Waals surface area (Å²) >= 11 is 5.94. The van der Waals surface area contributed by atoms with Gasteiger partial charge in [-0.2, -0.15) is 17.4 Å². The molecule has 2 aromatic carbocycles. The second kappa shape index (κ2) is 7.43. The number of piperazine rings is 1. The van der Waals surface area contributed by atoms with Gasteiger partial charge in [0.1, 0.15) is 0 Å². The van der Waals surface area contributed by atoms with Crippen LogP contribution in [0.5, 0.6) is 0 Å². The lowest BCUT2D eigenvalue weighted by molar-refractivity contribution is 0.377. The molecule has 1 saturated carbocycles. The fourth-order valence-electron chi connectivity index (χ4n) is 3.91. The summed E-state index contributed by atoms with van der Waals surface area (Å²) in [6.45, 7) is 4.41. The molecular weight excluding hydrogens is 382 g/mol. The summed E-state index contributed by atoms with van der Waals surface area (Å²) in [5.41, 5.74) is 2.27. The first-order valence-corrected chi connectivity index (χ1v) is 11.1. The van der Waals surface area contributed by atoms with Crippen LogP contribution >= 0.6 is 11.6 Å². The highest BCUT2D eigenvalue weighted by Crippen LogP contribution is 2.47. The van der Waals surface area contributed by atoms with Gasteiger partial charge < -0.3 is 4.90 Å². The lowest BCUT2D eigenvalue weighted by atomic mass is 10.1. The molecule has 1 aliphatic heterocycles. The van der Waals surface area contributed by atoms with E-state index in [9.17, 15) is 8.42 Å². The van der Waals surface area contributed by atoms with Crippen LogP contribution in [0.25, 0.3) is 0 Å². The van der Waals surface area contributed by atoms with Crippen LogP contribution < -0.4 is 9.62 Å². The van der Waals surface area contributed by atoms with Crippen LogP contribution in [-0.4, -0.2) is 44.9 Å². The minimum atomic E-state index is -3.47. The van der Waals surface area contributed by atoms with E-state index in [2.05, 4.69) is 28.7 Å². The molecule has 4 rings (SSSR count).